The van der Waals surface area contributed by atoms with Crippen molar-refractivity contribution >= 4 is 29.7 Å². The lowest BCUT2D eigenvalue weighted by molar-refractivity contribution is -0.156. The molecule has 2 fully saturated rings. The van der Waals surface area contributed by atoms with Crippen LogP contribution in [0.2, 0.25) is 0 Å². The zero-order valence-electron chi connectivity index (χ0n) is 26.5. The van der Waals surface area contributed by atoms with Crippen molar-refractivity contribution in [3.05, 3.63) is 35.4 Å². The van der Waals surface area contributed by atoms with Crippen LogP contribution in [0.1, 0.15) is 71.4 Å². The first kappa shape index (κ1) is 34.8. The van der Waals surface area contributed by atoms with Crippen molar-refractivity contribution in [2.24, 2.45) is 5.73 Å². The minimum atomic E-state index is -1.55. The van der Waals surface area contributed by atoms with E-state index in [0.717, 1.165) is 11.1 Å². The van der Waals surface area contributed by atoms with E-state index < -0.39 is 71.2 Å². The quantitative estimate of drug-likeness (QED) is 0.251. The van der Waals surface area contributed by atoms with Crippen molar-refractivity contribution in [2.45, 2.75) is 115 Å². The zero-order chi connectivity index (χ0) is 33.0. The van der Waals surface area contributed by atoms with E-state index >= 15 is 0 Å². The molecule has 1 aromatic rings. The molecule has 5 amide bonds. The van der Waals surface area contributed by atoms with Gasteiger partial charge in [0.1, 0.15) is 17.6 Å². The number of nitrogens with two attached hydrogens (primary N) is 1. The van der Waals surface area contributed by atoms with Crippen molar-refractivity contribution in [1.82, 2.24) is 20.4 Å². The van der Waals surface area contributed by atoms with E-state index in [0.29, 0.717) is 19.3 Å². The Hall–Kier alpha value is -3.71. The largest absolute Gasteiger partial charge is 0.433 e. The van der Waals surface area contributed by atoms with Gasteiger partial charge in [-0.15, -0.1) is 0 Å². The van der Waals surface area contributed by atoms with E-state index in [-0.39, 0.29) is 25.9 Å². The maximum absolute atomic E-state index is 14.3. The van der Waals surface area contributed by atoms with Gasteiger partial charge in [0.25, 0.3) is 5.91 Å². The summed E-state index contributed by atoms with van der Waals surface area (Å²) in [7, 11) is 0. The summed E-state index contributed by atoms with van der Waals surface area (Å²) < 4.78 is 5.33. The molecule has 5 unspecified atom stereocenters. The van der Waals surface area contributed by atoms with Crippen LogP contribution in [0.4, 0.5) is 4.79 Å². The SMILES string of the molecule is Cc1cccc(CC2(C(=O)NC(C(N)=O)C(C)O)CCCN2C(=O)[C@@H]2CCCN2C(=O)C(OC(=O)NC(C)(C)C)C(C)O)c1. The van der Waals surface area contributed by atoms with Crippen LogP contribution in [0.5, 0.6) is 0 Å². The number of benzene rings is 1. The monoisotopic (exact) mass is 617 g/mol. The molecule has 44 heavy (non-hydrogen) atoms. The van der Waals surface area contributed by atoms with Crippen LogP contribution in [0, 0.1) is 6.92 Å². The third-order valence-corrected chi connectivity index (χ3v) is 8.05. The Morgan fingerprint density at radius 3 is 2.34 bits per heavy atom. The lowest BCUT2D eigenvalue weighted by Crippen LogP contribution is -2.65. The summed E-state index contributed by atoms with van der Waals surface area (Å²) in [6.07, 6.45) is -3.37. The number of rotatable bonds is 10. The topological polar surface area (TPSA) is 192 Å². The Balaban J connectivity index is 1.95. The molecule has 13 nitrogen and oxygen atoms in total. The maximum Gasteiger partial charge on any atom is 0.408 e. The van der Waals surface area contributed by atoms with Gasteiger partial charge < -0.3 is 41.1 Å². The van der Waals surface area contributed by atoms with Crippen LogP contribution < -0.4 is 16.4 Å². The van der Waals surface area contributed by atoms with Crippen LogP contribution in [0.3, 0.4) is 0 Å². The number of aryl methyl sites for hydroxylation is 1. The van der Waals surface area contributed by atoms with Gasteiger partial charge in [0.2, 0.25) is 23.8 Å². The van der Waals surface area contributed by atoms with Gasteiger partial charge in [0, 0.05) is 25.0 Å². The van der Waals surface area contributed by atoms with Crippen molar-refractivity contribution in [1.29, 1.82) is 0 Å². The first-order valence-electron chi connectivity index (χ1n) is 15.1. The Labute approximate surface area is 258 Å². The molecule has 2 aliphatic rings. The molecule has 0 aliphatic carbocycles. The molecule has 0 aromatic heterocycles. The summed E-state index contributed by atoms with van der Waals surface area (Å²) >= 11 is 0. The molecule has 1 aromatic carbocycles. The first-order valence-corrected chi connectivity index (χ1v) is 15.1. The van der Waals surface area contributed by atoms with E-state index in [1.54, 1.807) is 20.8 Å². The number of aliphatic hydroxyl groups excluding tert-OH is 2. The molecule has 2 aliphatic heterocycles. The first-order chi connectivity index (χ1) is 20.5. The number of likely N-dealkylation sites (tertiary alicyclic amines) is 2. The van der Waals surface area contributed by atoms with E-state index in [9.17, 15) is 34.2 Å². The summed E-state index contributed by atoms with van der Waals surface area (Å²) in [4.78, 5) is 69.4. The van der Waals surface area contributed by atoms with E-state index in [2.05, 4.69) is 10.6 Å². The smallest absolute Gasteiger partial charge is 0.408 e. The molecular weight excluding hydrogens is 570 g/mol. The highest BCUT2D eigenvalue weighted by atomic mass is 16.6. The van der Waals surface area contributed by atoms with E-state index in [1.165, 1.54) is 23.6 Å². The molecule has 0 radical (unpaired) electrons. The van der Waals surface area contributed by atoms with Gasteiger partial charge >= 0.3 is 6.09 Å². The van der Waals surface area contributed by atoms with Crippen LogP contribution in [0.15, 0.2) is 24.3 Å². The number of ether oxygens (including phenoxy) is 1. The number of hydrogen-bond acceptors (Lipinski definition) is 8. The number of hydrogen-bond donors (Lipinski definition) is 5. The van der Waals surface area contributed by atoms with Crippen LogP contribution in [-0.4, -0.2) is 104 Å². The third-order valence-electron chi connectivity index (χ3n) is 8.05. The highest BCUT2D eigenvalue weighted by Gasteiger charge is 2.53. The standard InChI is InChI=1S/C31H47N5O8/c1-18-10-7-11-21(16-18)17-31(28(42)33-23(19(2)37)25(32)39)13-9-15-36(31)26(40)22-12-8-14-35(22)27(41)24(20(3)38)44-29(43)34-30(4,5)6/h7,10-11,16,19-20,22-24,37-38H,8-9,12-15,17H2,1-6H3,(H2,32,39)(H,33,42)(H,34,43)/t19?,20?,22-,23?,24?,31?/m0/s1. The Morgan fingerprint density at radius 2 is 1.77 bits per heavy atom. The highest BCUT2D eigenvalue weighted by Crippen LogP contribution is 2.36. The fourth-order valence-corrected chi connectivity index (χ4v) is 6.00. The van der Waals surface area contributed by atoms with Crippen LogP contribution in [0.25, 0.3) is 0 Å². The minimum Gasteiger partial charge on any atom is -0.433 e. The third kappa shape index (κ3) is 8.06. The fraction of sp³-hybridized carbons (Fsp3) is 0.645. The second kappa shape index (κ2) is 13.9. The molecule has 244 valence electrons. The van der Waals surface area contributed by atoms with E-state index in [1.807, 2.05) is 31.2 Å². The maximum atomic E-state index is 14.3. The molecule has 3 rings (SSSR count). The normalized spacial score (nSPS) is 23.0. The molecule has 6 atom stereocenters. The molecule has 13 heteroatoms. The molecular formula is C31H47N5O8. The Kier molecular flexibility index (Phi) is 11.0. The van der Waals surface area contributed by atoms with Gasteiger partial charge in [0.05, 0.1) is 12.2 Å². The van der Waals surface area contributed by atoms with Gasteiger partial charge in [-0.05, 0) is 72.8 Å². The zero-order valence-corrected chi connectivity index (χ0v) is 26.5. The van der Waals surface area contributed by atoms with Crippen molar-refractivity contribution < 1.29 is 38.9 Å². The van der Waals surface area contributed by atoms with Crippen molar-refractivity contribution in [3.8, 4) is 0 Å². The molecule has 0 bridgehead atoms. The minimum absolute atomic E-state index is 0.130. The molecule has 6 N–H and O–H groups in total. The van der Waals surface area contributed by atoms with Crippen LogP contribution in [-0.2, 0) is 30.3 Å². The van der Waals surface area contributed by atoms with Gasteiger partial charge in [-0.3, -0.25) is 19.2 Å². The second-order valence-electron chi connectivity index (χ2n) is 13.0. The molecule has 0 saturated carbocycles. The average Bonchev–Trinajstić information content (AvgIpc) is 3.56. The lowest BCUT2D eigenvalue weighted by atomic mass is 9.85. The molecule has 0 spiro atoms. The second-order valence-corrected chi connectivity index (χ2v) is 13.0. The lowest BCUT2D eigenvalue weighted by Gasteiger charge is -2.41. The summed E-state index contributed by atoms with van der Waals surface area (Å²) in [5.41, 5.74) is 5.14. The number of amides is 5. The number of carbonyl (C=O) groups excluding carboxylic acids is 5. The van der Waals surface area contributed by atoms with Crippen molar-refractivity contribution in [2.75, 3.05) is 13.1 Å². The highest BCUT2D eigenvalue weighted by molar-refractivity contribution is 5.98. The summed E-state index contributed by atoms with van der Waals surface area (Å²) in [6.45, 7) is 10.2. The molecule has 2 heterocycles. The Morgan fingerprint density at radius 1 is 1.09 bits per heavy atom. The average molecular weight is 618 g/mol. The van der Waals surface area contributed by atoms with Gasteiger partial charge in [-0.2, -0.15) is 0 Å². The molecule has 2 saturated heterocycles. The Bertz CT molecular complexity index is 1250. The number of aliphatic hydroxyl groups is 2. The van der Waals surface area contributed by atoms with Crippen LogP contribution >= 0.6 is 0 Å². The number of nitrogens with one attached hydrogen (secondary N) is 2. The van der Waals surface area contributed by atoms with E-state index in [4.69, 9.17) is 10.5 Å². The number of nitrogens with zero attached hydrogens (tertiary/aromatic N) is 2. The van der Waals surface area contributed by atoms with Gasteiger partial charge in [0.15, 0.2) is 0 Å². The number of alkyl carbamates (subject to hydrolysis) is 1. The summed E-state index contributed by atoms with van der Waals surface area (Å²) in [6, 6.07) is 5.18. The van der Waals surface area contributed by atoms with Gasteiger partial charge in [-0.1, -0.05) is 29.8 Å². The predicted molar refractivity (Wildman–Crippen MR) is 161 cm³/mol. The summed E-state index contributed by atoms with van der Waals surface area (Å²) in [5, 5.41) is 25.7. The predicted octanol–water partition coefficient (Wildman–Crippen LogP) is 0.515. The van der Waals surface area contributed by atoms with Gasteiger partial charge in [-0.25, -0.2) is 4.79 Å². The van der Waals surface area contributed by atoms with Crippen molar-refractivity contribution in [3.63, 3.8) is 0 Å². The number of carbonyl (C=O) groups is 5. The number of primary amides is 1. The fourth-order valence-electron chi connectivity index (χ4n) is 6.00. The summed E-state index contributed by atoms with van der Waals surface area (Å²) in [5.74, 6) is -2.72.